The maximum Gasteiger partial charge on any atom is 0.224 e. The molecule has 6 heteroatoms. The molecule has 1 atom stereocenters. The zero-order chi connectivity index (χ0) is 12.3. The lowest BCUT2D eigenvalue weighted by Crippen LogP contribution is -2.51. The molecular formula is C13H27Cl2N3O. The first-order valence-corrected chi connectivity index (χ1v) is 6.80. The Kier molecular flexibility index (Phi) is 8.29. The fourth-order valence-electron chi connectivity index (χ4n) is 3.09. The fourth-order valence-corrected chi connectivity index (χ4v) is 3.09. The molecular weight excluding hydrogens is 285 g/mol. The summed E-state index contributed by atoms with van der Waals surface area (Å²) >= 11 is 0. The summed E-state index contributed by atoms with van der Waals surface area (Å²) in [7, 11) is 4.27. The van der Waals surface area contributed by atoms with Crippen molar-refractivity contribution in [2.45, 2.75) is 37.6 Å². The number of rotatable bonds is 4. The van der Waals surface area contributed by atoms with Crippen LogP contribution in [0.5, 0.6) is 0 Å². The van der Waals surface area contributed by atoms with Gasteiger partial charge in [0.1, 0.15) is 0 Å². The number of amides is 1. The fraction of sp³-hybridized carbons (Fsp3) is 0.923. The molecule has 0 aromatic rings. The number of nitrogens with one attached hydrogen (secondary N) is 2. The summed E-state index contributed by atoms with van der Waals surface area (Å²) in [5, 5.41) is 6.41. The van der Waals surface area contributed by atoms with Crippen LogP contribution in [0, 0.1) is 5.92 Å². The average molecular weight is 312 g/mol. The molecule has 114 valence electrons. The normalized spacial score (nSPS) is 24.7. The molecule has 0 aromatic carbocycles. The highest BCUT2D eigenvalue weighted by atomic mass is 35.5. The molecule has 0 radical (unpaired) electrons. The predicted octanol–water partition coefficient (Wildman–Crippen LogP) is 1.43. The molecule has 2 aliphatic rings. The van der Waals surface area contributed by atoms with Gasteiger partial charge in [-0.3, -0.25) is 4.79 Å². The SMILES string of the molecule is CN(C)C1(CNC(=O)C2CCNC2)CCCC1.Cl.Cl. The van der Waals surface area contributed by atoms with Gasteiger partial charge in [-0.15, -0.1) is 24.8 Å². The number of nitrogens with zero attached hydrogens (tertiary/aromatic N) is 1. The van der Waals surface area contributed by atoms with Crippen molar-refractivity contribution in [2.75, 3.05) is 33.7 Å². The van der Waals surface area contributed by atoms with Crippen LogP contribution in [0.25, 0.3) is 0 Å². The maximum absolute atomic E-state index is 12.0. The van der Waals surface area contributed by atoms with Crippen LogP contribution in [0.15, 0.2) is 0 Å². The van der Waals surface area contributed by atoms with Crippen LogP contribution in [-0.2, 0) is 4.79 Å². The molecule has 1 unspecified atom stereocenters. The van der Waals surface area contributed by atoms with E-state index in [1.54, 1.807) is 0 Å². The third kappa shape index (κ3) is 4.48. The lowest BCUT2D eigenvalue weighted by atomic mass is 9.95. The molecule has 1 aliphatic carbocycles. The number of likely N-dealkylation sites (N-methyl/N-ethyl adjacent to an activating group) is 1. The minimum absolute atomic E-state index is 0. The minimum atomic E-state index is 0. The third-order valence-corrected chi connectivity index (χ3v) is 4.51. The Bertz CT molecular complexity index is 275. The predicted molar refractivity (Wildman–Crippen MR) is 83.4 cm³/mol. The van der Waals surface area contributed by atoms with E-state index in [0.717, 1.165) is 26.1 Å². The second-order valence-electron chi connectivity index (χ2n) is 5.73. The summed E-state index contributed by atoms with van der Waals surface area (Å²) in [6.45, 7) is 2.65. The van der Waals surface area contributed by atoms with Gasteiger partial charge < -0.3 is 15.5 Å². The molecule has 2 fully saturated rings. The van der Waals surface area contributed by atoms with Crippen molar-refractivity contribution in [3.05, 3.63) is 0 Å². The van der Waals surface area contributed by atoms with Crippen molar-refractivity contribution in [3.8, 4) is 0 Å². The van der Waals surface area contributed by atoms with Crippen LogP contribution in [0.4, 0.5) is 0 Å². The van der Waals surface area contributed by atoms with Gasteiger partial charge >= 0.3 is 0 Å². The summed E-state index contributed by atoms with van der Waals surface area (Å²) in [5.74, 6) is 0.429. The highest BCUT2D eigenvalue weighted by Crippen LogP contribution is 2.33. The van der Waals surface area contributed by atoms with Crippen molar-refractivity contribution in [1.29, 1.82) is 0 Å². The van der Waals surface area contributed by atoms with E-state index in [1.165, 1.54) is 25.7 Å². The van der Waals surface area contributed by atoms with Crippen LogP contribution in [0.3, 0.4) is 0 Å². The largest absolute Gasteiger partial charge is 0.354 e. The molecule has 1 saturated carbocycles. The molecule has 2 N–H and O–H groups in total. The van der Waals surface area contributed by atoms with E-state index < -0.39 is 0 Å². The summed E-state index contributed by atoms with van der Waals surface area (Å²) < 4.78 is 0. The van der Waals surface area contributed by atoms with Crippen molar-refractivity contribution in [2.24, 2.45) is 5.92 Å². The first-order valence-electron chi connectivity index (χ1n) is 6.80. The van der Waals surface area contributed by atoms with Gasteiger partial charge in [-0.25, -0.2) is 0 Å². The van der Waals surface area contributed by atoms with Crippen molar-refractivity contribution in [3.63, 3.8) is 0 Å². The third-order valence-electron chi connectivity index (χ3n) is 4.51. The van der Waals surface area contributed by atoms with Crippen LogP contribution < -0.4 is 10.6 Å². The maximum atomic E-state index is 12.0. The first kappa shape index (κ1) is 19.0. The van der Waals surface area contributed by atoms with Crippen molar-refractivity contribution < 1.29 is 4.79 Å². The van der Waals surface area contributed by atoms with Gasteiger partial charge in [-0.05, 0) is 39.9 Å². The van der Waals surface area contributed by atoms with E-state index in [1.807, 2.05) is 0 Å². The lowest BCUT2D eigenvalue weighted by molar-refractivity contribution is -0.125. The first-order chi connectivity index (χ1) is 8.14. The highest BCUT2D eigenvalue weighted by molar-refractivity contribution is 5.85. The van der Waals surface area contributed by atoms with E-state index >= 15 is 0 Å². The Morgan fingerprint density at radius 3 is 2.42 bits per heavy atom. The Labute approximate surface area is 128 Å². The summed E-state index contributed by atoms with van der Waals surface area (Å²) in [4.78, 5) is 14.3. The number of hydrogen-bond donors (Lipinski definition) is 2. The molecule has 1 aliphatic heterocycles. The number of hydrogen-bond acceptors (Lipinski definition) is 3. The van der Waals surface area contributed by atoms with Crippen LogP contribution in [0.1, 0.15) is 32.1 Å². The summed E-state index contributed by atoms with van der Waals surface area (Å²) in [6, 6.07) is 0. The summed E-state index contributed by atoms with van der Waals surface area (Å²) in [5.41, 5.74) is 0.210. The van der Waals surface area contributed by atoms with Gasteiger partial charge in [-0.2, -0.15) is 0 Å². The van der Waals surface area contributed by atoms with Gasteiger partial charge in [0.2, 0.25) is 5.91 Å². The summed E-state index contributed by atoms with van der Waals surface area (Å²) in [6.07, 6.45) is 5.99. The lowest BCUT2D eigenvalue weighted by Gasteiger charge is -2.36. The standard InChI is InChI=1S/C13H25N3O.2ClH/c1-16(2)13(6-3-4-7-13)10-15-12(17)11-5-8-14-9-11;;/h11,14H,3-10H2,1-2H3,(H,15,17);2*1H. The number of carbonyl (C=O) groups excluding carboxylic acids is 1. The molecule has 1 heterocycles. The molecule has 2 rings (SSSR count). The van der Waals surface area contributed by atoms with Crippen LogP contribution in [0.2, 0.25) is 0 Å². The zero-order valence-corrected chi connectivity index (χ0v) is 13.5. The van der Waals surface area contributed by atoms with E-state index in [4.69, 9.17) is 0 Å². The molecule has 1 saturated heterocycles. The molecule has 19 heavy (non-hydrogen) atoms. The van der Waals surface area contributed by atoms with E-state index in [-0.39, 0.29) is 42.2 Å². The van der Waals surface area contributed by atoms with Crippen LogP contribution in [-0.4, -0.2) is 50.1 Å². The van der Waals surface area contributed by atoms with Gasteiger partial charge in [0.05, 0.1) is 5.92 Å². The van der Waals surface area contributed by atoms with Crippen LogP contribution >= 0.6 is 24.8 Å². The molecule has 1 amide bonds. The monoisotopic (exact) mass is 311 g/mol. The van der Waals surface area contributed by atoms with Crippen molar-refractivity contribution >= 4 is 30.7 Å². The molecule has 0 spiro atoms. The topological polar surface area (TPSA) is 44.4 Å². The second-order valence-corrected chi connectivity index (χ2v) is 5.73. The van der Waals surface area contributed by atoms with E-state index in [9.17, 15) is 4.79 Å². The Morgan fingerprint density at radius 2 is 1.95 bits per heavy atom. The highest BCUT2D eigenvalue weighted by Gasteiger charge is 2.36. The zero-order valence-electron chi connectivity index (χ0n) is 11.9. The second kappa shape index (κ2) is 8.30. The molecule has 0 bridgehead atoms. The Balaban J connectivity index is 0.00000162. The number of carbonyl (C=O) groups is 1. The number of halogens is 2. The van der Waals surface area contributed by atoms with Gasteiger partial charge in [-0.1, -0.05) is 12.8 Å². The average Bonchev–Trinajstić information content (AvgIpc) is 2.97. The quantitative estimate of drug-likeness (QED) is 0.825. The Hall–Kier alpha value is -0.0300. The molecule has 4 nitrogen and oxygen atoms in total. The van der Waals surface area contributed by atoms with E-state index in [2.05, 4.69) is 29.6 Å². The minimum Gasteiger partial charge on any atom is -0.354 e. The Morgan fingerprint density at radius 1 is 1.32 bits per heavy atom. The van der Waals surface area contributed by atoms with E-state index in [0.29, 0.717) is 0 Å². The van der Waals surface area contributed by atoms with Gasteiger partial charge in [0.15, 0.2) is 0 Å². The van der Waals surface area contributed by atoms with Gasteiger partial charge in [0.25, 0.3) is 0 Å². The van der Waals surface area contributed by atoms with Crippen molar-refractivity contribution in [1.82, 2.24) is 15.5 Å². The molecule has 0 aromatic heterocycles. The van der Waals surface area contributed by atoms with Gasteiger partial charge in [0, 0.05) is 18.6 Å². The smallest absolute Gasteiger partial charge is 0.224 e.